The minimum Gasteiger partial charge on any atom is -0.486 e. The zero-order valence-corrected chi connectivity index (χ0v) is 16.3. The van der Waals surface area contributed by atoms with Gasteiger partial charge in [-0.25, -0.2) is 0 Å². The number of hydrogen-bond acceptors (Lipinski definition) is 3. The molecule has 0 saturated carbocycles. The highest BCUT2D eigenvalue weighted by Gasteiger charge is 2.18. The second-order valence-corrected chi connectivity index (χ2v) is 6.93. The van der Waals surface area contributed by atoms with Gasteiger partial charge in [-0.15, -0.1) is 0 Å². The molecule has 4 rings (SSSR count). The first-order valence-electron chi connectivity index (χ1n) is 9.73. The first-order chi connectivity index (χ1) is 14.2. The molecular weight excluding hydrogens is 362 g/mol. The molecule has 1 heterocycles. The Balaban J connectivity index is 1.59. The standard InChI is InChI=1S/C25H23NO3/c1-18(21-12-13-23-24(17-21)29-15-14-28-23)26-25(27)22(20-10-6-3-7-11-20)16-19-8-4-2-5-9-19/h2-13,16-18H,14-15H2,1H3,(H,26,27)/b22-16+/t18-/m0/s1. The molecule has 0 aliphatic carbocycles. The Hall–Kier alpha value is -3.53. The summed E-state index contributed by atoms with van der Waals surface area (Å²) in [5.41, 5.74) is 3.45. The van der Waals surface area contributed by atoms with Gasteiger partial charge in [-0.2, -0.15) is 0 Å². The van der Waals surface area contributed by atoms with Crippen LogP contribution in [0.4, 0.5) is 0 Å². The molecule has 0 fully saturated rings. The van der Waals surface area contributed by atoms with E-state index in [1.807, 2.05) is 91.9 Å². The van der Waals surface area contributed by atoms with E-state index in [9.17, 15) is 4.79 Å². The smallest absolute Gasteiger partial charge is 0.252 e. The van der Waals surface area contributed by atoms with Crippen LogP contribution in [0.5, 0.6) is 11.5 Å². The van der Waals surface area contributed by atoms with E-state index in [-0.39, 0.29) is 11.9 Å². The van der Waals surface area contributed by atoms with Gasteiger partial charge in [0, 0.05) is 5.57 Å². The van der Waals surface area contributed by atoms with Crippen LogP contribution >= 0.6 is 0 Å². The van der Waals surface area contributed by atoms with Gasteiger partial charge in [0.15, 0.2) is 11.5 Å². The van der Waals surface area contributed by atoms with Crippen molar-refractivity contribution in [2.45, 2.75) is 13.0 Å². The molecule has 1 aliphatic rings. The zero-order chi connectivity index (χ0) is 20.1. The molecule has 0 aromatic heterocycles. The minimum absolute atomic E-state index is 0.123. The van der Waals surface area contributed by atoms with Gasteiger partial charge in [-0.1, -0.05) is 66.7 Å². The van der Waals surface area contributed by atoms with Crippen LogP contribution in [0.3, 0.4) is 0 Å². The summed E-state index contributed by atoms with van der Waals surface area (Å²) in [7, 11) is 0. The van der Waals surface area contributed by atoms with E-state index >= 15 is 0 Å². The van der Waals surface area contributed by atoms with E-state index in [1.165, 1.54) is 0 Å². The van der Waals surface area contributed by atoms with Crippen LogP contribution in [-0.4, -0.2) is 19.1 Å². The average molecular weight is 385 g/mol. The number of fused-ring (bicyclic) bond motifs is 1. The van der Waals surface area contributed by atoms with Gasteiger partial charge in [-0.05, 0) is 41.8 Å². The van der Waals surface area contributed by atoms with Crippen LogP contribution in [-0.2, 0) is 4.79 Å². The Bertz CT molecular complexity index is 1010. The predicted octanol–water partition coefficient (Wildman–Crippen LogP) is 4.88. The SMILES string of the molecule is C[C@H](NC(=O)/C(=C/c1ccccc1)c1ccccc1)c1ccc2c(c1)OCCO2. The van der Waals surface area contributed by atoms with E-state index in [1.54, 1.807) is 0 Å². The van der Waals surface area contributed by atoms with Crippen molar-refractivity contribution in [3.63, 3.8) is 0 Å². The summed E-state index contributed by atoms with van der Waals surface area (Å²) in [4.78, 5) is 13.2. The van der Waals surface area contributed by atoms with E-state index in [0.717, 1.165) is 28.2 Å². The van der Waals surface area contributed by atoms with Gasteiger partial charge < -0.3 is 14.8 Å². The first-order valence-corrected chi connectivity index (χ1v) is 9.73. The number of hydrogen-bond donors (Lipinski definition) is 1. The van der Waals surface area contributed by atoms with Gasteiger partial charge in [0.25, 0.3) is 5.91 Å². The van der Waals surface area contributed by atoms with Gasteiger partial charge in [0.05, 0.1) is 6.04 Å². The zero-order valence-electron chi connectivity index (χ0n) is 16.3. The summed E-state index contributed by atoms with van der Waals surface area (Å²) in [5, 5.41) is 3.12. The fourth-order valence-electron chi connectivity index (χ4n) is 3.30. The molecule has 1 amide bonds. The maximum Gasteiger partial charge on any atom is 0.252 e. The van der Waals surface area contributed by atoms with Gasteiger partial charge in [-0.3, -0.25) is 4.79 Å². The number of rotatable bonds is 5. The third-order valence-electron chi connectivity index (χ3n) is 4.85. The number of carbonyl (C=O) groups is 1. The molecule has 4 nitrogen and oxygen atoms in total. The molecule has 146 valence electrons. The van der Waals surface area contributed by atoms with Crippen molar-refractivity contribution in [1.82, 2.24) is 5.32 Å². The number of ether oxygens (including phenoxy) is 2. The lowest BCUT2D eigenvalue weighted by Gasteiger charge is -2.21. The molecule has 1 atom stereocenters. The van der Waals surface area contributed by atoms with E-state index in [0.29, 0.717) is 18.8 Å². The van der Waals surface area contributed by atoms with Crippen molar-refractivity contribution in [1.29, 1.82) is 0 Å². The second kappa shape index (κ2) is 8.65. The van der Waals surface area contributed by atoms with Crippen molar-refractivity contribution in [2.24, 2.45) is 0 Å². The third-order valence-corrected chi connectivity index (χ3v) is 4.85. The van der Waals surface area contributed by atoms with Crippen LogP contribution in [0.2, 0.25) is 0 Å². The largest absolute Gasteiger partial charge is 0.486 e. The predicted molar refractivity (Wildman–Crippen MR) is 115 cm³/mol. The average Bonchev–Trinajstić information content (AvgIpc) is 2.78. The van der Waals surface area contributed by atoms with Gasteiger partial charge >= 0.3 is 0 Å². The highest BCUT2D eigenvalue weighted by molar-refractivity contribution is 6.24. The highest BCUT2D eigenvalue weighted by Crippen LogP contribution is 2.32. The van der Waals surface area contributed by atoms with Crippen molar-refractivity contribution in [2.75, 3.05) is 13.2 Å². The van der Waals surface area contributed by atoms with Crippen molar-refractivity contribution in [3.05, 3.63) is 95.6 Å². The highest BCUT2D eigenvalue weighted by atomic mass is 16.6. The number of nitrogens with one attached hydrogen (secondary N) is 1. The van der Waals surface area contributed by atoms with Crippen molar-refractivity contribution >= 4 is 17.6 Å². The van der Waals surface area contributed by atoms with E-state index in [4.69, 9.17) is 9.47 Å². The van der Waals surface area contributed by atoms with Crippen molar-refractivity contribution in [3.8, 4) is 11.5 Å². The third kappa shape index (κ3) is 4.49. The fourth-order valence-corrected chi connectivity index (χ4v) is 3.30. The summed E-state index contributed by atoms with van der Waals surface area (Å²) in [6.45, 7) is 3.06. The molecule has 1 aliphatic heterocycles. The quantitative estimate of drug-likeness (QED) is 0.503. The van der Waals surface area contributed by atoms with Crippen LogP contribution < -0.4 is 14.8 Å². The maximum atomic E-state index is 13.2. The molecule has 0 radical (unpaired) electrons. The first kappa shape index (κ1) is 18.8. The Kier molecular flexibility index (Phi) is 5.61. The summed E-state index contributed by atoms with van der Waals surface area (Å²) in [6.07, 6.45) is 1.92. The Morgan fingerprint density at radius 3 is 2.28 bits per heavy atom. The van der Waals surface area contributed by atoms with E-state index in [2.05, 4.69) is 5.32 Å². The number of benzene rings is 3. The van der Waals surface area contributed by atoms with Gasteiger partial charge in [0.1, 0.15) is 13.2 Å². The molecular formula is C25H23NO3. The van der Waals surface area contributed by atoms with E-state index < -0.39 is 0 Å². The minimum atomic E-state index is -0.179. The molecule has 0 bridgehead atoms. The van der Waals surface area contributed by atoms with Crippen molar-refractivity contribution < 1.29 is 14.3 Å². The summed E-state index contributed by atoms with van der Waals surface area (Å²) in [5.74, 6) is 1.34. The lowest BCUT2D eigenvalue weighted by molar-refractivity contribution is -0.116. The lowest BCUT2D eigenvalue weighted by atomic mass is 10.0. The molecule has 3 aromatic rings. The molecule has 0 unspecified atom stereocenters. The van der Waals surface area contributed by atoms with Crippen LogP contribution in [0.25, 0.3) is 11.6 Å². The summed E-state index contributed by atoms with van der Waals surface area (Å²) >= 11 is 0. The fraction of sp³-hybridized carbons (Fsp3) is 0.160. The molecule has 0 saturated heterocycles. The maximum absolute atomic E-state index is 13.2. The van der Waals surface area contributed by atoms with Crippen LogP contribution in [0.15, 0.2) is 78.9 Å². The monoisotopic (exact) mass is 385 g/mol. The molecule has 4 heteroatoms. The normalized spacial score (nSPS) is 14.2. The number of amides is 1. The van der Waals surface area contributed by atoms with Crippen LogP contribution in [0.1, 0.15) is 29.7 Å². The van der Waals surface area contributed by atoms with Crippen LogP contribution in [0, 0.1) is 0 Å². The topological polar surface area (TPSA) is 47.6 Å². The Morgan fingerprint density at radius 2 is 1.55 bits per heavy atom. The second-order valence-electron chi connectivity index (χ2n) is 6.93. The lowest BCUT2D eigenvalue weighted by Crippen LogP contribution is -2.27. The van der Waals surface area contributed by atoms with Gasteiger partial charge in [0.2, 0.25) is 0 Å². The summed E-state index contributed by atoms with van der Waals surface area (Å²) in [6, 6.07) is 25.2. The number of carbonyl (C=O) groups excluding carboxylic acids is 1. The molecule has 29 heavy (non-hydrogen) atoms. The Morgan fingerprint density at radius 1 is 0.897 bits per heavy atom. The Labute approximate surface area is 170 Å². The molecule has 0 spiro atoms. The summed E-state index contributed by atoms with van der Waals surface area (Å²) < 4.78 is 11.2. The molecule has 3 aromatic carbocycles. The molecule has 1 N–H and O–H groups in total.